The molecule has 1 aromatic rings. The third-order valence-corrected chi connectivity index (χ3v) is 3.26. The Kier molecular flexibility index (Phi) is 4.66. The lowest BCUT2D eigenvalue weighted by atomic mass is 9.84. The van der Waals surface area contributed by atoms with Crippen molar-refractivity contribution < 1.29 is 8.82 Å². The monoisotopic (exact) mass is 264 g/mol. The summed E-state index contributed by atoms with van der Waals surface area (Å²) in [5.74, 6) is -0.478. The van der Waals surface area contributed by atoms with Crippen LogP contribution in [0.25, 0.3) is 0 Å². The van der Waals surface area contributed by atoms with Crippen molar-refractivity contribution >= 4 is 9.04 Å². The van der Waals surface area contributed by atoms with E-state index < -0.39 is 14.9 Å². The largest absolute Gasteiger partial charge is 0.410 e. The summed E-state index contributed by atoms with van der Waals surface area (Å²) in [6.07, 6.45) is -0.149. The first-order valence-corrected chi connectivity index (χ1v) is 8.33. The standard InChI is InChI=1S/C14H19FNOSi/c1-14(2,3)13(17-18(4)5)10-6-7-11(9-16)12(15)8-10/h6-8,13H,1-5H3. The Bertz CT molecular complexity index is 460. The number of benzene rings is 1. The highest BCUT2D eigenvalue weighted by molar-refractivity contribution is 6.48. The molecule has 1 aromatic carbocycles. The van der Waals surface area contributed by atoms with Crippen molar-refractivity contribution in [3.8, 4) is 6.07 Å². The SMILES string of the molecule is C[Si](C)OC(c1ccc(C#N)c(F)c1)C(C)(C)C. The summed E-state index contributed by atoms with van der Waals surface area (Å²) in [6, 6.07) is 6.55. The van der Waals surface area contributed by atoms with Gasteiger partial charge in [0.1, 0.15) is 11.9 Å². The van der Waals surface area contributed by atoms with Gasteiger partial charge >= 0.3 is 0 Å². The maximum atomic E-state index is 13.7. The number of halogens is 1. The van der Waals surface area contributed by atoms with Gasteiger partial charge in [0.15, 0.2) is 0 Å². The van der Waals surface area contributed by atoms with Gasteiger partial charge in [-0.3, -0.25) is 0 Å². The van der Waals surface area contributed by atoms with Crippen LogP contribution in [0, 0.1) is 22.6 Å². The van der Waals surface area contributed by atoms with E-state index >= 15 is 0 Å². The van der Waals surface area contributed by atoms with Crippen molar-refractivity contribution in [2.24, 2.45) is 5.41 Å². The number of hydrogen-bond acceptors (Lipinski definition) is 2. The summed E-state index contributed by atoms with van der Waals surface area (Å²) in [5, 5.41) is 8.74. The van der Waals surface area contributed by atoms with Crippen LogP contribution < -0.4 is 0 Å². The first-order valence-electron chi connectivity index (χ1n) is 5.92. The lowest BCUT2D eigenvalue weighted by Crippen LogP contribution is -2.26. The number of hydrogen-bond donors (Lipinski definition) is 0. The minimum Gasteiger partial charge on any atom is -0.410 e. The van der Waals surface area contributed by atoms with Gasteiger partial charge in [-0.2, -0.15) is 5.26 Å². The van der Waals surface area contributed by atoms with E-state index in [0.29, 0.717) is 0 Å². The molecule has 1 atom stereocenters. The van der Waals surface area contributed by atoms with Crippen molar-refractivity contribution in [3.63, 3.8) is 0 Å². The Hall–Kier alpha value is -1.18. The van der Waals surface area contributed by atoms with E-state index in [0.717, 1.165) is 5.56 Å². The minimum atomic E-state index is -0.878. The third-order valence-electron chi connectivity index (χ3n) is 2.56. The Labute approximate surface area is 110 Å². The molecule has 0 aliphatic heterocycles. The smallest absolute Gasteiger partial charge is 0.205 e. The van der Waals surface area contributed by atoms with Gasteiger partial charge in [0, 0.05) is 0 Å². The summed E-state index contributed by atoms with van der Waals surface area (Å²) in [5.41, 5.74) is 0.762. The zero-order valence-electron chi connectivity index (χ0n) is 11.5. The molecule has 0 heterocycles. The average molecular weight is 264 g/mol. The minimum absolute atomic E-state index is 0.0740. The molecule has 97 valence electrons. The highest BCUT2D eigenvalue weighted by Crippen LogP contribution is 2.37. The van der Waals surface area contributed by atoms with E-state index in [-0.39, 0.29) is 17.1 Å². The van der Waals surface area contributed by atoms with Crippen LogP contribution in [0.4, 0.5) is 4.39 Å². The molecule has 0 N–H and O–H groups in total. The quantitative estimate of drug-likeness (QED) is 0.771. The molecule has 0 saturated heterocycles. The molecular formula is C14H19FNOSi. The summed E-state index contributed by atoms with van der Waals surface area (Å²) in [7, 11) is -0.878. The zero-order chi connectivity index (χ0) is 13.9. The van der Waals surface area contributed by atoms with E-state index in [2.05, 4.69) is 33.9 Å². The molecule has 0 aliphatic rings. The van der Waals surface area contributed by atoms with Crippen LogP contribution >= 0.6 is 0 Å². The van der Waals surface area contributed by atoms with E-state index in [1.54, 1.807) is 6.07 Å². The fraction of sp³-hybridized carbons (Fsp3) is 0.500. The van der Waals surface area contributed by atoms with E-state index in [4.69, 9.17) is 9.69 Å². The van der Waals surface area contributed by atoms with Crippen molar-refractivity contribution in [1.82, 2.24) is 0 Å². The van der Waals surface area contributed by atoms with Gasteiger partial charge < -0.3 is 4.43 Å². The Morgan fingerprint density at radius 3 is 2.33 bits per heavy atom. The Morgan fingerprint density at radius 2 is 1.94 bits per heavy atom. The van der Waals surface area contributed by atoms with Crippen LogP contribution in [-0.4, -0.2) is 9.04 Å². The molecule has 0 aromatic heterocycles. The van der Waals surface area contributed by atoms with E-state index in [1.807, 2.05) is 6.07 Å². The van der Waals surface area contributed by atoms with Gasteiger partial charge in [-0.05, 0) is 36.2 Å². The number of rotatable bonds is 3. The average Bonchev–Trinajstić information content (AvgIpc) is 2.24. The number of nitrogens with zero attached hydrogens (tertiary/aromatic N) is 1. The van der Waals surface area contributed by atoms with Gasteiger partial charge in [-0.15, -0.1) is 0 Å². The molecule has 0 bridgehead atoms. The first kappa shape index (κ1) is 14.9. The second kappa shape index (κ2) is 5.64. The molecule has 1 rings (SSSR count). The molecule has 0 amide bonds. The first-order chi connectivity index (χ1) is 8.25. The molecule has 18 heavy (non-hydrogen) atoms. The second-order valence-electron chi connectivity index (χ2n) is 5.62. The maximum Gasteiger partial charge on any atom is 0.205 e. The summed E-state index contributed by atoms with van der Waals surface area (Å²) < 4.78 is 19.6. The normalized spacial score (nSPS) is 13.4. The predicted molar refractivity (Wildman–Crippen MR) is 71.9 cm³/mol. The van der Waals surface area contributed by atoms with Crippen molar-refractivity contribution in [2.45, 2.75) is 40.0 Å². The molecule has 0 fully saturated rings. The molecule has 1 unspecified atom stereocenters. The molecular weight excluding hydrogens is 245 g/mol. The van der Waals surface area contributed by atoms with Crippen molar-refractivity contribution in [2.75, 3.05) is 0 Å². The van der Waals surface area contributed by atoms with Crippen LogP contribution in [0.1, 0.15) is 38.0 Å². The lowest BCUT2D eigenvalue weighted by molar-refractivity contribution is 0.0863. The fourth-order valence-electron chi connectivity index (χ4n) is 1.77. The molecule has 0 aliphatic carbocycles. The van der Waals surface area contributed by atoms with Gasteiger partial charge in [0.25, 0.3) is 0 Å². The topological polar surface area (TPSA) is 33.0 Å². The molecule has 2 nitrogen and oxygen atoms in total. The molecule has 1 radical (unpaired) electrons. The van der Waals surface area contributed by atoms with Crippen LogP contribution in [0.3, 0.4) is 0 Å². The van der Waals surface area contributed by atoms with E-state index in [9.17, 15) is 4.39 Å². The van der Waals surface area contributed by atoms with Crippen molar-refractivity contribution in [1.29, 1.82) is 5.26 Å². The maximum absolute atomic E-state index is 13.7. The van der Waals surface area contributed by atoms with Gasteiger partial charge in [0.05, 0.1) is 11.7 Å². The molecule has 4 heteroatoms. The highest BCUT2D eigenvalue weighted by Gasteiger charge is 2.28. The van der Waals surface area contributed by atoms with Crippen LogP contribution in [0.2, 0.25) is 13.1 Å². The lowest BCUT2D eigenvalue weighted by Gasteiger charge is -2.32. The van der Waals surface area contributed by atoms with Crippen LogP contribution in [-0.2, 0) is 4.43 Å². The number of nitriles is 1. The molecule has 0 saturated carbocycles. The summed E-state index contributed by atoms with van der Waals surface area (Å²) in [6.45, 7) is 10.3. The highest BCUT2D eigenvalue weighted by atomic mass is 28.3. The summed E-state index contributed by atoms with van der Waals surface area (Å²) >= 11 is 0. The molecule has 0 spiro atoms. The Balaban J connectivity index is 3.15. The summed E-state index contributed by atoms with van der Waals surface area (Å²) in [4.78, 5) is 0. The van der Waals surface area contributed by atoms with Gasteiger partial charge in [-0.25, -0.2) is 4.39 Å². The van der Waals surface area contributed by atoms with E-state index in [1.165, 1.54) is 12.1 Å². The van der Waals surface area contributed by atoms with Crippen LogP contribution in [0.5, 0.6) is 0 Å². The third kappa shape index (κ3) is 3.66. The second-order valence-corrected chi connectivity index (χ2v) is 7.68. The van der Waals surface area contributed by atoms with Crippen molar-refractivity contribution in [3.05, 3.63) is 35.1 Å². The zero-order valence-corrected chi connectivity index (χ0v) is 12.5. The fourth-order valence-corrected chi connectivity index (χ4v) is 2.73. The van der Waals surface area contributed by atoms with Crippen LogP contribution in [0.15, 0.2) is 18.2 Å². The Morgan fingerprint density at radius 1 is 1.33 bits per heavy atom. The van der Waals surface area contributed by atoms with Gasteiger partial charge in [0.2, 0.25) is 9.04 Å². The predicted octanol–water partition coefficient (Wildman–Crippen LogP) is 4.05. The van der Waals surface area contributed by atoms with Gasteiger partial charge in [-0.1, -0.05) is 26.8 Å².